The third kappa shape index (κ3) is 3.96. The lowest BCUT2D eigenvalue weighted by atomic mass is 9.80. The van der Waals surface area contributed by atoms with Gasteiger partial charge in [-0.15, -0.1) is 0 Å². The first-order chi connectivity index (χ1) is 24.9. The second-order valence-corrected chi connectivity index (χ2v) is 20.0. The maximum atomic E-state index is 2.57. The molecule has 7 aromatic carbocycles. The van der Waals surface area contributed by atoms with Crippen LogP contribution in [0.2, 0.25) is 12.1 Å². The van der Waals surface area contributed by atoms with Gasteiger partial charge in [0.15, 0.2) is 0 Å². The highest BCUT2D eigenvalue weighted by Crippen LogP contribution is 2.52. The highest BCUT2D eigenvalue weighted by Gasteiger charge is 2.49. The summed E-state index contributed by atoms with van der Waals surface area (Å²) in [7, 11) is -1.90. The van der Waals surface area contributed by atoms with Gasteiger partial charge in [-0.2, -0.15) is 0 Å². The number of hydrogen-bond acceptors (Lipinski definition) is 0. The van der Waals surface area contributed by atoms with Gasteiger partial charge in [-0.3, -0.25) is 0 Å². The monoisotopic (exact) mass is 668 g/mol. The minimum Gasteiger partial charge on any atom is -0.0840 e. The lowest BCUT2D eigenvalue weighted by Gasteiger charge is -2.25. The summed E-state index contributed by atoms with van der Waals surface area (Å²) in [6, 6.07) is 52.1. The summed E-state index contributed by atoms with van der Waals surface area (Å²) in [5, 5.41) is 8.63. The van der Waals surface area contributed by atoms with Crippen molar-refractivity contribution in [3.05, 3.63) is 167 Å². The van der Waals surface area contributed by atoms with Gasteiger partial charge in [0, 0.05) is 5.41 Å². The molecular weight excluding hydrogens is 629 g/mol. The van der Waals surface area contributed by atoms with Crippen molar-refractivity contribution in [3.8, 4) is 44.5 Å². The third-order valence-electron chi connectivity index (χ3n) is 13.0. The van der Waals surface area contributed by atoms with E-state index in [9.17, 15) is 0 Å². The molecular formula is C50H40Si. The number of allylic oxidation sites excluding steroid dienone is 4. The molecule has 244 valence electrons. The summed E-state index contributed by atoms with van der Waals surface area (Å²) in [5.74, 6) is 0. The van der Waals surface area contributed by atoms with Gasteiger partial charge >= 0.3 is 0 Å². The predicted molar refractivity (Wildman–Crippen MR) is 220 cm³/mol. The maximum absolute atomic E-state index is 2.57. The normalized spacial score (nSPS) is 19.0. The molecule has 0 nitrogen and oxygen atoms in total. The Morgan fingerprint density at radius 3 is 2.04 bits per heavy atom. The lowest BCUT2D eigenvalue weighted by molar-refractivity contribution is 0.660. The second kappa shape index (κ2) is 10.4. The van der Waals surface area contributed by atoms with Crippen LogP contribution < -0.4 is 10.4 Å². The first-order valence-corrected chi connectivity index (χ1v) is 21.2. The summed E-state index contributed by atoms with van der Waals surface area (Å²) in [6.45, 7) is 7.01. The molecule has 2 heterocycles. The molecule has 4 aliphatic rings. The maximum Gasteiger partial charge on any atom is 0.127 e. The van der Waals surface area contributed by atoms with Crippen molar-refractivity contribution < 1.29 is 0 Å². The van der Waals surface area contributed by atoms with E-state index < -0.39 is 8.07 Å². The number of rotatable bonds is 2. The van der Waals surface area contributed by atoms with Crippen LogP contribution in [0.3, 0.4) is 0 Å². The zero-order valence-electron chi connectivity index (χ0n) is 29.6. The van der Waals surface area contributed by atoms with Crippen LogP contribution in [0.5, 0.6) is 0 Å². The van der Waals surface area contributed by atoms with Crippen molar-refractivity contribution in [1.29, 1.82) is 0 Å². The van der Waals surface area contributed by atoms with E-state index in [1.807, 2.05) is 0 Å². The van der Waals surface area contributed by atoms with E-state index in [1.54, 1.807) is 21.5 Å². The van der Waals surface area contributed by atoms with E-state index >= 15 is 0 Å². The Balaban J connectivity index is 1.14. The van der Waals surface area contributed by atoms with Crippen molar-refractivity contribution in [1.82, 2.24) is 0 Å². The molecule has 0 amide bonds. The molecule has 2 aliphatic heterocycles. The van der Waals surface area contributed by atoms with Crippen LogP contribution in [-0.2, 0) is 5.41 Å². The standard InChI is InChI=1S/C50H40Si/c1-31-20-23-41-43(26-31)49(33-21-24-37-36-14-8-10-18-44(36)50(2,3)45(37)28-33)40-17-7-6-16-39(40)48(41)32-22-25-47-42(27-32)38-15-9-11-19-46(38)51(47)29-34-12-4-5-13-35(34)30-51/h4,6-12,14-28H,5,13,29-30H2,1-3H3/t51-/m0/s1. The van der Waals surface area contributed by atoms with Gasteiger partial charge in [0.1, 0.15) is 8.07 Å². The lowest BCUT2D eigenvalue weighted by Crippen LogP contribution is -2.53. The van der Waals surface area contributed by atoms with E-state index in [-0.39, 0.29) is 5.41 Å². The van der Waals surface area contributed by atoms with E-state index in [0.717, 1.165) is 0 Å². The summed E-state index contributed by atoms with van der Waals surface area (Å²) in [4.78, 5) is 0. The minimum atomic E-state index is -1.90. The average molecular weight is 669 g/mol. The molecule has 0 radical (unpaired) electrons. The fourth-order valence-electron chi connectivity index (χ4n) is 10.7. The minimum absolute atomic E-state index is 0.0464. The van der Waals surface area contributed by atoms with Gasteiger partial charge in [-0.1, -0.05) is 158 Å². The fourth-order valence-corrected chi connectivity index (χ4v) is 16.3. The average Bonchev–Trinajstić information content (AvgIpc) is 3.76. The Labute approximate surface area is 301 Å². The number of benzene rings is 7. The number of fused-ring (bicyclic) bond motifs is 10. The van der Waals surface area contributed by atoms with E-state index in [1.165, 1.54) is 108 Å². The summed E-state index contributed by atoms with van der Waals surface area (Å²) >= 11 is 0. The molecule has 11 rings (SSSR count). The molecule has 7 aromatic rings. The van der Waals surface area contributed by atoms with E-state index in [2.05, 4.69) is 160 Å². The topological polar surface area (TPSA) is 0 Å². The molecule has 0 fully saturated rings. The van der Waals surface area contributed by atoms with Crippen molar-refractivity contribution in [3.63, 3.8) is 0 Å². The van der Waals surface area contributed by atoms with E-state index in [4.69, 9.17) is 0 Å². The summed E-state index contributed by atoms with van der Waals surface area (Å²) < 4.78 is 0. The van der Waals surface area contributed by atoms with Gasteiger partial charge in [-0.25, -0.2) is 0 Å². The Hall–Kier alpha value is -5.24. The Bertz CT molecular complexity index is 2740. The zero-order valence-corrected chi connectivity index (χ0v) is 30.6. The van der Waals surface area contributed by atoms with Gasteiger partial charge in [0.2, 0.25) is 0 Å². The molecule has 0 N–H and O–H groups in total. The van der Waals surface area contributed by atoms with Crippen LogP contribution in [0.1, 0.15) is 43.4 Å². The Morgan fingerprint density at radius 2 is 1.20 bits per heavy atom. The highest BCUT2D eigenvalue weighted by atomic mass is 28.3. The number of hydrogen-bond donors (Lipinski definition) is 0. The molecule has 0 saturated carbocycles. The van der Waals surface area contributed by atoms with Gasteiger partial charge in [-0.05, 0) is 132 Å². The Kier molecular flexibility index (Phi) is 6.01. The predicted octanol–water partition coefficient (Wildman–Crippen LogP) is 12.1. The molecule has 0 saturated heterocycles. The largest absolute Gasteiger partial charge is 0.127 e. The molecule has 1 atom stereocenters. The highest BCUT2D eigenvalue weighted by molar-refractivity contribution is 7.06. The van der Waals surface area contributed by atoms with Crippen LogP contribution in [0.25, 0.3) is 66.1 Å². The molecule has 2 aliphatic carbocycles. The van der Waals surface area contributed by atoms with Gasteiger partial charge in [0.25, 0.3) is 0 Å². The number of aryl methyl sites for hydroxylation is 1. The molecule has 0 aromatic heterocycles. The first-order valence-electron chi connectivity index (χ1n) is 18.7. The van der Waals surface area contributed by atoms with Crippen LogP contribution >= 0.6 is 0 Å². The van der Waals surface area contributed by atoms with Crippen molar-refractivity contribution >= 4 is 40.0 Å². The molecule has 0 unspecified atom stereocenters. The third-order valence-corrected chi connectivity index (χ3v) is 18.0. The fraction of sp³-hybridized carbons (Fsp3) is 0.160. The quantitative estimate of drug-likeness (QED) is 0.127. The van der Waals surface area contributed by atoms with Crippen molar-refractivity contribution in [2.45, 2.75) is 51.1 Å². The zero-order chi connectivity index (χ0) is 34.1. The van der Waals surface area contributed by atoms with Gasteiger partial charge < -0.3 is 0 Å². The van der Waals surface area contributed by atoms with Crippen LogP contribution in [-0.4, -0.2) is 8.07 Å². The van der Waals surface area contributed by atoms with Crippen molar-refractivity contribution in [2.75, 3.05) is 0 Å². The van der Waals surface area contributed by atoms with Crippen LogP contribution in [0, 0.1) is 6.92 Å². The van der Waals surface area contributed by atoms with Crippen LogP contribution in [0.15, 0.2) is 151 Å². The summed E-state index contributed by atoms with van der Waals surface area (Å²) in [5.41, 5.74) is 18.5. The summed E-state index contributed by atoms with van der Waals surface area (Å²) in [6.07, 6.45) is 7.30. The smallest absolute Gasteiger partial charge is 0.0840 e. The van der Waals surface area contributed by atoms with E-state index in [0.29, 0.717) is 0 Å². The molecule has 1 heteroatoms. The van der Waals surface area contributed by atoms with Crippen LogP contribution in [0.4, 0.5) is 0 Å². The van der Waals surface area contributed by atoms with Crippen molar-refractivity contribution in [2.24, 2.45) is 0 Å². The Morgan fingerprint density at radius 1 is 0.529 bits per heavy atom. The first kappa shape index (κ1) is 29.5. The van der Waals surface area contributed by atoms with Gasteiger partial charge in [0.05, 0.1) is 0 Å². The second-order valence-electron chi connectivity index (χ2n) is 16.1. The SMILES string of the molecule is Cc1ccc2c(-c3ccc4c(c3)-c3ccccc3[Si@@]43CC4=C(CCC=C4)C3)c3ccccc3c(-c3ccc4c(c3)C(C)(C)c3ccccc3-4)c2c1. The molecule has 0 bridgehead atoms. The molecule has 1 spiro atoms. The molecule has 51 heavy (non-hydrogen) atoms.